The summed E-state index contributed by atoms with van der Waals surface area (Å²) in [6.45, 7) is 5.41. The van der Waals surface area contributed by atoms with E-state index < -0.39 is 11.7 Å². The first-order valence-electron chi connectivity index (χ1n) is 5.31. The second-order valence-corrected chi connectivity index (χ2v) is 4.88. The van der Waals surface area contributed by atoms with Crippen LogP contribution in [0.1, 0.15) is 40.0 Å². The summed E-state index contributed by atoms with van der Waals surface area (Å²) in [6.07, 6.45) is 1.75. The van der Waals surface area contributed by atoms with E-state index in [2.05, 4.69) is 10.9 Å². The fourth-order valence-electron chi connectivity index (χ4n) is 1.56. The molecule has 0 aromatic heterocycles. The zero-order valence-corrected chi connectivity index (χ0v) is 9.54. The lowest BCUT2D eigenvalue weighted by molar-refractivity contribution is 0.0464. The van der Waals surface area contributed by atoms with Gasteiger partial charge in [-0.3, -0.25) is 5.43 Å². The molecule has 5 nitrogen and oxygen atoms in total. The van der Waals surface area contributed by atoms with Crippen LogP contribution in [-0.4, -0.2) is 28.9 Å². The van der Waals surface area contributed by atoms with E-state index in [1.54, 1.807) is 20.8 Å². The summed E-state index contributed by atoms with van der Waals surface area (Å²) < 4.78 is 5.04. The van der Waals surface area contributed by atoms with Crippen LogP contribution in [0.4, 0.5) is 4.79 Å². The second kappa shape index (κ2) is 4.81. The van der Waals surface area contributed by atoms with E-state index in [1.165, 1.54) is 0 Å². The Balaban J connectivity index is 2.22. The lowest BCUT2D eigenvalue weighted by atomic mass is 10.2. The molecule has 1 aliphatic carbocycles. The van der Waals surface area contributed by atoms with Crippen molar-refractivity contribution in [2.24, 2.45) is 0 Å². The van der Waals surface area contributed by atoms with Gasteiger partial charge < -0.3 is 9.84 Å². The summed E-state index contributed by atoms with van der Waals surface area (Å²) >= 11 is 0. The first kappa shape index (κ1) is 12.3. The molecule has 1 fully saturated rings. The lowest BCUT2D eigenvalue weighted by Gasteiger charge is -2.22. The SMILES string of the molecule is CC(C)(C)OC(=O)NN[C@H]1CCC[C@@H]1O. The molecule has 0 unspecified atom stereocenters. The fraction of sp³-hybridized carbons (Fsp3) is 0.900. The molecule has 3 N–H and O–H groups in total. The van der Waals surface area contributed by atoms with Crippen LogP contribution >= 0.6 is 0 Å². The number of hydrogen-bond acceptors (Lipinski definition) is 4. The van der Waals surface area contributed by atoms with Gasteiger partial charge in [0.15, 0.2) is 0 Å². The standard InChI is InChI=1S/C10H20N2O3/c1-10(2,3)15-9(14)12-11-7-5-4-6-8(7)13/h7-8,11,13H,4-6H2,1-3H3,(H,12,14)/t7-,8-/m0/s1. The van der Waals surface area contributed by atoms with Crippen LogP contribution in [-0.2, 0) is 4.74 Å². The third-order valence-electron chi connectivity index (χ3n) is 2.24. The summed E-state index contributed by atoms with van der Waals surface area (Å²) in [5.41, 5.74) is 4.72. The molecule has 0 heterocycles. The molecule has 0 spiro atoms. The Bertz CT molecular complexity index is 225. The zero-order chi connectivity index (χ0) is 11.5. The topological polar surface area (TPSA) is 70.6 Å². The smallest absolute Gasteiger partial charge is 0.422 e. The first-order valence-corrected chi connectivity index (χ1v) is 5.31. The minimum Gasteiger partial charge on any atom is -0.443 e. The van der Waals surface area contributed by atoms with Gasteiger partial charge in [-0.05, 0) is 40.0 Å². The quantitative estimate of drug-likeness (QED) is 0.600. The van der Waals surface area contributed by atoms with Crippen LogP contribution in [0.5, 0.6) is 0 Å². The molecule has 5 heteroatoms. The largest absolute Gasteiger partial charge is 0.443 e. The van der Waals surface area contributed by atoms with Crippen molar-refractivity contribution in [3.8, 4) is 0 Å². The van der Waals surface area contributed by atoms with E-state index in [0.717, 1.165) is 19.3 Å². The van der Waals surface area contributed by atoms with E-state index in [4.69, 9.17) is 4.74 Å². The van der Waals surface area contributed by atoms with E-state index >= 15 is 0 Å². The number of aliphatic hydroxyl groups is 1. The molecule has 0 saturated heterocycles. The fourth-order valence-corrected chi connectivity index (χ4v) is 1.56. The van der Waals surface area contributed by atoms with Gasteiger partial charge in [0.2, 0.25) is 0 Å². The Hall–Kier alpha value is -0.810. The summed E-state index contributed by atoms with van der Waals surface area (Å²) in [5.74, 6) is 0. The highest BCUT2D eigenvalue weighted by molar-refractivity contribution is 5.67. The summed E-state index contributed by atoms with van der Waals surface area (Å²) in [6, 6.07) is -0.0579. The van der Waals surface area contributed by atoms with Crippen LogP contribution in [0.3, 0.4) is 0 Å². The van der Waals surface area contributed by atoms with Gasteiger partial charge in [-0.25, -0.2) is 10.2 Å². The zero-order valence-electron chi connectivity index (χ0n) is 9.54. The van der Waals surface area contributed by atoms with Gasteiger partial charge in [0.1, 0.15) is 5.60 Å². The number of carbonyl (C=O) groups is 1. The van der Waals surface area contributed by atoms with Crippen LogP contribution in [0.2, 0.25) is 0 Å². The molecule has 0 aromatic carbocycles. The normalized spacial score (nSPS) is 26.4. The molecule has 1 saturated carbocycles. The third-order valence-corrected chi connectivity index (χ3v) is 2.24. The van der Waals surface area contributed by atoms with E-state index in [1.807, 2.05) is 0 Å². The van der Waals surface area contributed by atoms with Gasteiger partial charge in [-0.15, -0.1) is 0 Å². The molecular weight excluding hydrogens is 196 g/mol. The van der Waals surface area contributed by atoms with Gasteiger partial charge in [0.05, 0.1) is 12.1 Å². The molecule has 0 aromatic rings. The molecule has 0 bridgehead atoms. The molecule has 1 rings (SSSR count). The van der Waals surface area contributed by atoms with Crippen molar-refractivity contribution in [3.63, 3.8) is 0 Å². The minimum absolute atomic E-state index is 0.0579. The maximum atomic E-state index is 11.2. The van der Waals surface area contributed by atoms with Crippen molar-refractivity contribution >= 4 is 6.09 Å². The number of nitrogens with one attached hydrogen (secondary N) is 2. The van der Waals surface area contributed by atoms with E-state index in [0.29, 0.717) is 0 Å². The number of hydrazine groups is 1. The molecule has 0 aliphatic heterocycles. The number of hydrogen-bond donors (Lipinski definition) is 3. The Kier molecular flexibility index (Phi) is 3.93. The Morgan fingerprint density at radius 1 is 1.40 bits per heavy atom. The average molecular weight is 216 g/mol. The van der Waals surface area contributed by atoms with Crippen molar-refractivity contribution in [1.29, 1.82) is 0 Å². The summed E-state index contributed by atoms with van der Waals surface area (Å²) in [5, 5.41) is 9.48. The van der Waals surface area contributed by atoms with Crippen molar-refractivity contribution in [2.75, 3.05) is 0 Å². The Labute approximate surface area is 90.2 Å². The molecule has 1 amide bonds. The van der Waals surface area contributed by atoms with Crippen molar-refractivity contribution in [1.82, 2.24) is 10.9 Å². The lowest BCUT2D eigenvalue weighted by Crippen LogP contribution is -2.49. The van der Waals surface area contributed by atoms with Gasteiger partial charge in [0.25, 0.3) is 0 Å². The molecule has 15 heavy (non-hydrogen) atoms. The maximum Gasteiger partial charge on any atom is 0.422 e. The highest BCUT2D eigenvalue weighted by atomic mass is 16.6. The first-order chi connectivity index (χ1) is 6.88. The molecule has 1 aliphatic rings. The van der Waals surface area contributed by atoms with Gasteiger partial charge in [0, 0.05) is 0 Å². The van der Waals surface area contributed by atoms with Gasteiger partial charge in [-0.1, -0.05) is 0 Å². The van der Waals surface area contributed by atoms with E-state index in [-0.39, 0.29) is 12.1 Å². The van der Waals surface area contributed by atoms with Crippen molar-refractivity contribution in [2.45, 2.75) is 57.8 Å². The number of carbonyl (C=O) groups excluding carboxylic acids is 1. The minimum atomic E-state index is -0.512. The third kappa shape index (κ3) is 4.48. The number of ether oxygens (including phenoxy) is 1. The Morgan fingerprint density at radius 3 is 2.53 bits per heavy atom. The highest BCUT2D eigenvalue weighted by Crippen LogP contribution is 2.18. The van der Waals surface area contributed by atoms with E-state index in [9.17, 15) is 9.90 Å². The molecule has 2 atom stereocenters. The van der Waals surface area contributed by atoms with Gasteiger partial charge >= 0.3 is 6.09 Å². The predicted molar refractivity (Wildman–Crippen MR) is 56.2 cm³/mol. The second-order valence-electron chi connectivity index (χ2n) is 4.88. The molecule has 88 valence electrons. The van der Waals surface area contributed by atoms with Crippen LogP contribution in [0.25, 0.3) is 0 Å². The average Bonchev–Trinajstić information content (AvgIpc) is 2.44. The van der Waals surface area contributed by atoms with Crippen LogP contribution in [0.15, 0.2) is 0 Å². The summed E-state index contributed by atoms with van der Waals surface area (Å²) in [4.78, 5) is 11.2. The van der Waals surface area contributed by atoms with Gasteiger partial charge in [-0.2, -0.15) is 0 Å². The summed E-state index contributed by atoms with van der Waals surface area (Å²) in [7, 11) is 0. The highest BCUT2D eigenvalue weighted by Gasteiger charge is 2.25. The van der Waals surface area contributed by atoms with Crippen molar-refractivity contribution < 1.29 is 14.6 Å². The molecule has 0 radical (unpaired) electrons. The monoisotopic (exact) mass is 216 g/mol. The van der Waals surface area contributed by atoms with Crippen LogP contribution in [0, 0.1) is 0 Å². The van der Waals surface area contributed by atoms with Crippen LogP contribution < -0.4 is 10.9 Å². The maximum absolute atomic E-state index is 11.2. The molecular formula is C10H20N2O3. The number of rotatable bonds is 2. The number of aliphatic hydroxyl groups excluding tert-OH is 1. The predicted octanol–water partition coefficient (Wildman–Crippen LogP) is 0.929. The number of amides is 1. The van der Waals surface area contributed by atoms with Crippen molar-refractivity contribution in [3.05, 3.63) is 0 Å². The Morgan fingerprint density at radius 2 is 2.07 bits per heavy atom.